The standard InChI is InChI=1S/C24H24ClNO5S/c1-3-22(17-7-5-4-6-8-17)26(32(29,30)21-13-11-20(25)12-14-21)16-19-10-9-18(24(27)28)15-23(19)31-2/h4-15,22H,3,16H2,1-2H3,(H,27,28)/t22-/m0/s1. The number of hydrogen-bond acceptors (Lipinski definition) is 4. The van der Waals surface area contributed by atoms with E-state index in [1.165, 1.54) is 35.7 Å². The molecule has 0 spiro atoms. The molecule has 0 radical (unpaired) electrons. The van der Waals surface area contributed by atoms with E-state index in [1.54, 1.807) is 18.2 Å². The molecule has 0 fully saturated rings. The second kappa shape index (κ2) is 10.2. The molecule has 0 aliphatic rings. The average Bonchev–Trinajstić information content (AvgIpc) is 2.79. The van der Waals surface area contributed by atoms with Gasteiger partial charge in [0.1, 0.15) is 5.75 Å². The molecule has 0 heterocycles. The van der Waals surface area contributed by atoms with E-state index in [9.17, 15) is 18.3 Å². The van der Waals surface area contributed by atoms with Gasteiger partial charge in [-0.1, -0.05) is 54.9 Å². The fraction of sp³-hybridized carbons (Fsp3) is 0.208. The third-order valence-electron chi connectivity index (χ3n) is 5.20. The van der Waals surface area contributed by atoms with Crippen LogP contribution in [0.15, 0.2) is 77.7 Å². The summed E-state index contributed by atoms with van der Waals surface area (Å²) in [6.07, 6.45) is 0.534. The number of nitrogens with zero attached hydrogens (tertiary/aromatic N) is 1. The molecule has 168 valence electrons. The minimum Gasteiger partial charge on any atom is -0.496 e. The lowest BCUT2D eigenvalue weighted by molar-refractivity contribution is 0.0696. The van der Waals surface area contributed by atoms with Crippen LogP contribution in [0.2, 0.25) is 5.02 Å². The lowest BCUT2D eigenvalue weighted by Crippen LogP contribution is -2.34. The lowest BCUT2D eigenvalue weighted by atomic mass is 10.0. The van der Waals surface area contributed by atoms with Crippen LogP contribution in [0, 0.1) is 0 Å². The Balaban J connectivity index is 2.12. The predicted molar refractivity (Wildman–Crippen MR) is 124 cm³/mol. The van der Waals surface area contributed by atoms with Crippen LogP contribution in [0.25, 0.3) is 0 Å². The van der Waals surface area contributed by atoms with Crippen LogP contribution in [-0.2, 0) is 16.6 Å². The Morgan fingerprint density at radius 1 is 1.06 bits per heavy atom. The van der Waals surface area contributed by atoms with E-state index in [4.69, 9.17) is 16.3 Å². The van der Waals surface area contributed by atoms with Gasteiger partial charge in [0.2, 0.25) is 10.0 Å². The number of benzene rings is 3. The summed E-state index contributed by atoms with van der Waals surface area (Å²) in [6.45, 7) is 1.92. The average molecular weight is 474 g/mol. The van der Waals surface area contributed by atoms with E-state index in [0.29, 0.717) is 22.8 Å². The van der Waals surface area contributed by atoms with Crippen LogP contribution in [-0.4, -0.2) is 30.9 Å². The Bertz CT molecular complexity index is 1180. The second-order valence-electron chi connectivity index (χ2n) is 7.17. The van der Waals surface area contributed by atoms with Gasteiger partial charge in [-0.05, 0) is 48.4 Å². The van der Waals surface area contributed by atoms with Crippen molar-refractivity contribution in [2.24, 2.45) is 0 Å². The zero-order valence-electron chi connectivity index (χ0n) is 17.7. The van der Waals surface area contributed by atoms with Gasteiger partial charge in [0.15, 0.2) is 0 Å². The normalized spacial score (nSPS) is 12.5. The maximum Gasteiger partial charge on any atom is 0.335 e. The minimum absolute atomic E-state index is 0.00142. The van der Waals surface area contributed by atoms with Gasteiger partial charge >= 0.3 is 5.97 Å². The highest BCUT2D eigenvalue weighted by molar-refractivity contribution is 7.89. The molecule has 0 aliphatic heterocycles. The number of carboxylic acids is 1. The largest absolute Gasteiger partial charge is 0.496 e. The molecule has 3 rings (SSSR count). The molecule has 0 saturated carbocycles. The van der Waals surface area contributed by atoms with Gasteiger partial charge in [0.05, 0.1) is 23.6 Å². The van der Waals surface area contributed by atoms with Crippen LogP contribution in [0.1, 0.15) is 40.9 Å². The van der Waals surface area contributed by atoms with Crippen LogP contribution in [0.5, 0.6) is 5.75 Å². The first-order valence-electron chi connectivity index (χ1n) is 10.0. The molecular formula is C24H24ClNO5S. The highest BCUT2D eigenvalue weighted by atomic mass is 35.5. The monoisotopic (exact) mass is 473 g/mol. The maximum absolute atomic E-state index is 13.7. The van der Waals surface area contributed by atoms with Crippen LogP contribution >= 0.6 is 11.6 Å². The summed E-state index contributed by atoms with van der Waals surface area (Å²) >= 11 is 5.96. The Labute approximate surface area is 193 Å². The quantitative estimate of drug-likeness (QED) is 0.450. The van der Waals surface area contributed by atoms with Crippen molar-refractivity contribution in [2.75, 3.05) is 7.11 Å². The number of carboxylic acid groups (broad SMARTS) is 1. The van der Waals surface area contributed by atoms with Gasteiger partial charge in [0, 0.05) is 17.1 Å². The molecule has 6 nitrogen and oxygen atoms in total. The van der Waals surface area contributed by atoms with E-state index < -0.39 is 22.0 Å². The summed E-state index contributed by atoms with van der Waals surface area (Å²) in [5.41, 5.74) is 1.48. The third-order valence-corrected chi connectivity index (χ3v) is 7.32. The summed E-state index contributed by atoms with van der Waals surface area (Å²) in [7, 11) is -2.50. The summed E-state index contributed by atoms with van der Waals surface area (Å²) in [5, 5.41) is 9.72. The molecule has 1 atom stereocenters. The van der Waals surface area contributed by atoms with E-state index in [1.807, 2.05) is 37.3 Å². The number of aromatic carboxylic acids is 1. The predicted octanol–water partition coefficient (Wildman–Crippen LogP) is 5.39. The van der Waals surface area contributed by atoms with E-state index in [-0.39, 0.29) is 17.0 Å². The summed E-state index contributed by atoms with van der Waals surface area (Å²) in [5.74, 6) is -0.777. The van der Waals surface area contributed by atoms with Crippen molar-refractivity contribution >= 4 is 27.6 Å². The van der Waals surface area contributed by atoms with Crippen molar-refractivity contribution in [3.05, 3.63) is 94.5 Å². The smallest absolute Gasteiger partial charge is 0.335 e. The first-order chi connectivity index (χ1) is 15.3. The Morgan fingerprint density at radius 2 is 1.72 bits per heavy atom. The van der Waals surface area contributed by atoms with Gasteiger partial charge in [-0.3, -0.25) is 0 Å². The Kier molecular flexibility index (Phi) is 7.56. The lowest BCUT2D eigenvalue weighted by Gasteiger charge is -2.31. The number of hydrogen-bond donors (Lipinski definition) is 1. The zero-order chi connectivity index (χ0) is 23.3. The molecule has 0 saturated heterocycles. The van der Waals surface area contributed by atoms with Gasteiger partial charge < -0.3 is 9.84 Å². The first kappa shape index (κ1) is 23.8. The second-order valence-corrected chi connectivity index (χ2v) is 9.50. The van der Waals surface area contributed by atoms with Gasteiger partial charge in [0.25, 0.3) is 0 Å². The molecule has 0 bridgehead atoms. The minimum atomic E-state index is -3.92. The molecular weight excluding hydrogens is 450 g/mol. The Morgan fingerprint density at radius 3 is 2.28 bits per heavy atom. The highest BCUT2D eigenvalue weighted by Gasteiger charge is 2.32. The zero-order valence-corrected chi connectivity index (χ0v) is 19.3. The van der Waals surface area contributed by atoms with Crippen molar-refractivity contribution in [1.29, 1.82) is 0 Å². The van der Waals surface area contributed by atoms with Crippen molar-refractivity contribution in [3.63, 3.8) is 0 Å². The number of rotatable bonds is 9. The number of carbonyl (C=O) groups is 1. The van der Waals surface area contributed by atoms with Crippen molar-refractivity contribution in [3.8, 4) is 5.75 Å². The Hall–Kier alpha value is -2.87. The number of sulfonamides is 1. The van der Waals surface area contributed by atoms with Gasteiger partial charge in [-0.25, -0.2) is 13.2 Å². The molecule has 8 heteroatoms. The molecule has 0 aromatic heterocycles. The highest BCUT2D eigenvalue weighted by Crippen LogP contribution is 2.34. The topological polar surface area (TPSA) is 83.9 Å². The molecule has 3 aromatic rings. The summed E-state index contributed by atoms with van der Waals surface area (Å²) in [4.78, 5) is 11.5. The molecule has 0 aliphatic carbocycles. The van der Waals surface area contributed by atoms with Gasteiger partial charge in [-0.2, -0.15) is 4.31 Å². The summed E-state index contributed by atoms with van der Waals surface area (Å²) < 4.78 is 34.3. The molecule has 0 amide bonds. The van der Waals surface area contributed by atoms with E-state index in [2.05, 4.69) is 0 Å². The maximum atomic E-state index is 13.7. The SMILES string of the molecule is CC[C@@H](c1ccccc1)N(Cc1ccc(C(=O)O)cc1OC)S(=O)(=O)c1ccc(Cl)cc1. The molecule has 3 aromatic carbocycles. The number of halogens is 1. The van der Waals surface area contributed by atoms with E-state index in [0.717, 1.165) is 5.56 Å². The van der Waals surface area contributed by atoms with E-state index >= 15 is 0 Å². The van der Waals surface area contributed by atoms with Crippen molar-refractivity contribution in [2.45, 2.75) is 30.8 Å². The molecule has 1 N–H and O–H groups in total. The number of ether oxygens (including phenoxy) is 1. The summed E-state index contributed by atoms with van der Waals surface area (Å²) in [6, 6.07) is 19.4. The van der Waals surface area contributed by atoms with Crippen LogP contribution in [0.3, 0.4) is 0 Å². The van der Waals surface area contributed by atoms with Gasteiger partial charge in [-0.15, -0.1) is 0 Å². The molecule has 32 heavy (non-hydrogen) atoms. The number of methoxy groups -OCH3 is 1. The first-order valence-corrected chi connectivity index (χ1v) is 11.8. The third kappa shape index (κ3) is 5.12. The fourth-order valence-electron chi connectivity index (χ4n) is 3.56. The van der Waals surface area contributed by atoms with Crippen LogP contribution in [0.4, 0.5) is 0 Å². The molecule has 0 unspecified atom stereocenters. The van der Waals surface area contributed by atoms with Crippen molar-refractivity contribution < 1.29 is 23.1 Å². The van der Waals surface area contributed by atoms with Crippen molar-refractivity contribution in [1.82, 2.24) is 4.31 Å². The van der Waals surface area contributed by atoms with Crippen LogP contribution < -0.4 is 4.74 Å². The fourth-order valence-corrected chi connectivity index (χ4v) is 5.35.